The molecule has 6 heteroatoms. The molecule has 0 aliphatic heterocycles. The lowest BCUT2D eigenvalue weighted by Crippen LogP contribution is -2.15. The highest BCUT2D eigenvalue weighted by atomic mass is 35.5. The van der Waals surface area contributed by atoms with Crippen LogP contribution in [0.25, 0.3) is 11.3 Å². The molecule has 2 rings (SSSR count). The Labute approximate surface area is 118 Å². The van der Waals surface area contributed by atoms with Crippen LogP contribution >= 0.6 is 12.4 Å². The number of hydrogen-bond donors (Lipinski definition) is 0. The van der Waals surface area contributed by atoms with Crippen molar-refractivity contribution in [2.24, 2.45) is 0 Å². The van der Waals surface area contributed by atoms with Crippen LogP contribution in [0.15, 0.2) is 35.0 Å². The van der Waals surface area contributed by atoms with Gasteiger partial charge in [-0.15, -0.1) is 12.4 Å². The Morgan fingerprint density at radius 2 is 1.89 bits per heavy atom. The third kappa shape index (κ3) is 4.54. The Balaban J connectivity index is 0.00000180. The molecule has 0 atom stereocenters. The third-order valence-electron chi connectivity index (χ3n) is 2.49. The summed E-state index contributed by atoms with van der Waals surface area (Å²) in [5, 5.41) is 7.67. The Morgan fingerprint density at radius 1 is 1.16 bits per heavy atom. The number of hydrogen-bond acceptors (Lipinski definition) is 5. The van der Waals surface area contributed by atoms with Crippen molar-refractivity contribution in [1.82, 2.24) is 15.2 Å². The SMILES string of the molecule is CN(C)CCCOc1nonc1-c1ccccc1.Cl. The van der Waals surface area contributed by atoms with Gasteiger partial charge in [0.2, 0.25) is 0 Å². The number of ether oxygens (including phenoxy) is 1. The van der Waals surface area contributed by atoms with E-state index < -0.39 is 0 Å². The summed E-state index contributed by atoms with van der Waals surface area (Å²) >= 11 is 0. The van der Waals surface area contributed by atoms with Crippen LogP contribution in [0, 0.1) is 0 Å². The maximum atomic E-state index is 5.59. The zero-order valence-corrected chi connectivity index (χ0v) is 11.9. The Bertz CT molecular complexity index is 474. The van der Waals surface area contributed by atoms with Gasteiger partial charge in [-0.25, -0.2) is 4.63 Å². The first-order valence-corrected chi connectivity index (χ1v) is 5.93. The first-order chi connectivity index (χ1) is 8.77. The van der Waals surface area contributed by atoms with Crippen LogP contribution in [0.5, 0.6) is 5.88 Å². The standard InChI is InChI=1S/C13H17N3O2.ClH/c1-16(2)9-6-10-17-13-12(14-18-15-13)11-7-4-3-5-8-11;/h3-5,7-8H,6,9-10H2,1-2H3;1H. The van der Waals surface area contributed by atoms with Gasteiger partial charge < -0.3 is 9.64 Å². The van der Waals surface area contributed by atoms with Crippen molar-refractivity contribution in [2.75, 3.05) is 27.2 Å². The molecular formula is C13H18ClN3O2. The van der Waals surface area contributed by atoms with Crippen LogP contribution in [0.2, 0.25) is 0 Å². The van der Waals surface area contributed by atoms with Gasteiger partial charge in [-0.1, -0.05) is 30.3 Å². The summed E-state index contributed by atoms with van der Waals surface area (Å²) in [4.78, 5) is 2.11. The van der Waals surface area contributed by atoms with Crippen molar-refractivity contribution < 1.29 is 9.37 Å². The lowest BCUT2D eigenvalue weighted by Gasteiger charge is -2.09. The normalized spacial score (nSPS) is 10.3. The van der Waals surface area contributed by atoms with E-state index in [1.165, 1.54) is 0 Å². The summed E-state index contributed by atoms with van der Waals surface area (Å²) in [6, 6.07) is 9.74. The molecular weight excluding hydrogens is 266 g/mol. The van der Waals surface area contributed by atoms with Gasteiger partial charge in [-0.2, -0.15) is 0 Å². The molecule has 0 radical (unpaired) electrons. The lowest BCUT2D eigenvalue weighted by molar-refractivity contribution is 0.242. The molecule has 0 unspecified atom stereocenters. The number of nitrogens with zero attached hydrogens (tertiary/aromatic N) is 3. The summed E-state index contributed by atoms with van der Waals surface area (Å²) in [6.45, 7) is 1.58. The fourth-order valence-corrected chi connectivity index (χ4v) is 1.60. The molecule has 1 heterocycles. The summed E-state index contributed by atoms with van der Waals surface area (Å²) in [5.74, 6) is 0.458. The predicted molar refractivity (Wildman–Crippen MR) is 75.6 cm³/mol. The first kappa shape index (κ1) is 15.5. The molecule has 0 spiro atoms. The summed E-state index contributed by atoms with van der Waals surface area (Å²) in [5.41, 5.74) is 1.60. The second-order valence-corrected chi connectivity index (χ2v) is 4.29. The van der Waals surface area contributed by atoms with Crippen LogP contribution in [0.3, 0.4) is 0 Å². The van der Waals surface area contributed by atoms with Gasteiger partial charge in [0, 0.05) is 12.1 Å². The molecule has 1 aromatic heterocycles. The monoisotopic (exact) mass is 283 g/mol. The van der Waals surface area contributed by atoms with Crippen LogP contribution in [-0.2, 0) is 0 Å². The maximum absolute atomic E-state index is 5.59. The van der Waals surface area contributed by atoms with Gasteiger partial charge in [0.25, 0.3) is 5.88 Å². The zero-order valence-electron chi connectivity index (χ0n) is 11.1. The smallest absolute Gasteiger partial charge is 0.283 e. The van der Waals surface area contributed by atoms with Crippen molar-refractivity contribution in [3.63, 3.8) is 0 Å². The quantitative estimate of drug-likeness (QED) is 0.763. The molecule has 0 amide bonds. The molecule has 1 aromatic carbocycles. The van der Waals surface area contributed by atoms with Gasteiger partial charge in [0.15, 0.2) is 5.69 Å². The molecule has 0 aliphatic carbocycles. The number of halogens is 1. The molecule has 0 bridgehead atoms. The highest BCUT2D eigenvalue weighted by Crippen LogP contribution is 2.25. The summed E-state index contributed by atoms with van der Waals surface area (Å²) in [6.07, 6.45) is 0.939. The second-order valence-electron chi connectivity index (χ2n) is 4.29. The van der Waals surface area contributed by atoms with Crippen LogP contribution in [0.4, 0.5) is 0 Å². The van der Waals surface area contributed by atoms with Crippen molar-refractivity contribution in [1.29, 1.82) is 0 Å². The second kappa shape index (κ2) is 7.76. The Kier molecular flexibility index (Phi) is 6.32. The average Bonchev–Trinajstić information content (AvgIpc) is 2.84. The fraction of sp³-hybridized carbons (Fsp3) is 0.385. The molecule has 19 heavy (non-hydrogen) atoms. The fourth-order valence-electron chi connectivity index (χ4n) is 1.60. The summed E-state index contributed by atoms with van der Waals surface area (Å²) < 4.78 is 10.3. The predicted octanol–water partition coefficient (Wildman–Crippen LogP) is 2.49. The van der Waals surface area contributed by atoms with Crippen molar-refractivity contribution >= 4 is 12.4 Å². The molecule has 0 aliphatic rings. The number of aromatic nitrogens is 2. The minimum absolute atomic E-state index is 0. The van der Waals surface area contributed by atoms with Gasteiger partial charge in [-0.05, 0) is 30.8 Å². The van der Waals surface area contributed by atoms with Crippen molar-refractivity contribution in [3.8, 4) is 17.1 Å². The van der Waals surface area contributed by atoms with Gasteiger partial charge in [0.1, 0.15) is 0 Å². The minimum atomic E-state index is 0. The van der Waals surface area contributed by atoms with Gasteiger partial charge in [0.05, 0.1) is 6.61 Å². The van der Waals surface area contributed by atoms with Crippen molar-refractivity contribution in [3.05, 3.63) is 30.3 Å². The van der Waals surface area contributed by atoms with E-state index in [0.29, 0.717) is 18.2 Å². The highest BCUT2D eigenvalue weighted by Gasteiger charge is 2.12. The zero-order chi connectivity index (χ0) is 12.8. The molecule has 0 saturated heterocycles. The minimum Gasteiger partial charge on any atom is -0.474 e. The van der Waals surface area contributed by atoms with Crippen molar-refractivity contribution in [2.45, 2.75) is 6.42 Å². The Hall–Kier alpha value is -1.59. The molecule has 104 valence electrons. The number of rotatable bonds is 6. The highest BCUT2D eigenvalue weighted by molar-refractivity contribution is 5.85. The molecule has 0 N–H and O–H groups in total. The van der Waals surface area contributed by atoms with Crippen LogP contribution in [0.1, 0.15) is 6.42 Å². The molecule has 5 nitrogen and oxygen atoms in total. The van der Waals surface area contributed by atoms with Gasteiger partial charge >= 0.3 is 0 Å². The molecule has 0 saturated carbocycles. The van der Waals surface area contributed by atoms with E-state index in [9.17, 15) is 0 Å². The largest absolute Gasteiger partial charge is 0.474 e. The topological polar surface area (TPSA) is 51.4 Å². The third-order valence-corrected chi connectivity index (χ3v) is 2.49. The van der Waals surface area contributed by atoms with Crippen LogP contribution < -0.4 is 4.74 Å². The molecule has 2 aromatic rings. The Morgan fingerprint density at radius 3 is 2.58 bits per heavy atom. The van der Waals surface area contributed by atoms with Gasteiger partial charge in [-0.3, -0.25) is 0 Å². The average molecular weight is 284 g/mol. The van der Waals surface area contributed by atoms with E-state index in [-0.39, 0.29) is 12.4 Å². The number of benzene rings is 1. The van der Waals surface area contributed by atoms with E-state index in [4.69, 9.17) is 9.37 Å². The lowest BCUT2D eigenvalue weighted by atomic mass is 10.2. The maximum Gasteiger partial charge on any atom is 0.283 e. The van der Waals surface area contributed by atoms with E-state index in [2.05, 4.69) is 15.2 Å². The van der Waals surface area contributed by atoms with E-state index in [1.807, 2.05) is 44.4 Å². The first-order valence-electron chi connectivity index (χ1n) is 5.93. The van der Waals surface area contributed by atoms with E-state index in [1.54, 1.807) is 0 Å². The molecule has 0 fully saturated rings. The van der Waals surface area contributed by atoms with Crippen LogP contribution in [-0.4, -0.2) is 42.5 Å². The summed E-state index contributed by atoms with van der Waals surface area (Å²) in [7, 11) is 4.07. The van der Waals surface area contributed by atoms with E-state index >= 15 is 0 Å². The van der Waals surface area contributed by atoms with E-state index in [0.717, 1.165) is 18.5 Å².